The summed E-state index contributed by atoms with van der Waals surface area (Å²) in [4.78, 5) is 22.5. The third-order valence-electron chi connectivity index (χ3n) is 3.28. The Labute approximate surface area is 121 Å². The molecule has 1 aliphatic rings. The standard InChI is InChI=1S/C14H17FN2O4/c1-8-6-10(4-5-21-8)16-14(20)17-12-3-2-9(13(18)19)7-11(12)15/h2-3,7-8,10H,4-6H2,1H3,(H,18,19)(H2,16,17,20). The van der Waals surface area contributed by atoms with Gasteiger partial charge in [0.15, 0.2) is 0 Å². The van der Waals surface area contributed by atoms with E-state index in [-0.39, 0.29) is 23.4 Å². The minimum Gasteiger partial charge on any atom is -0.478 e. The highest BCUT2D eigenvalue weighted by Crippen LogP contribution is 2.17. The quantitative estimate of drug-likeness (QED) is 0.798. The van der Waals surface area contributed by atoms with Crippen LogP contribution < -0.4 is 10.6 Å². The van der Waals surface area contributed by atoms with Gasteiger partial charge in [-0.1, -0.05) is 0 Å². The molecule has 1 aromatic carbocycles. The number of carboxylic acids is 1. The molecule has 1 aromatic rings. The lowest BCUT2D eigenvalue weighted by Gasteiger charge is -2.27. The molecule has 7 heteroatoms. The molecule has 1 fully saturated rings. The fourth-order valence-corrected chi connectivity index (χ4v) is 2.22. The zero-order chi connectivity index (χ0) is 15.4. The van der Waals surface area contributed by atoms with Gasteiger partial charge in [0.25, 0.3) is 0 Å². The molecule has 2 rings (SSSR count). The minimum absolute atomic E-state index is 0.0184. The average Bonchev–Trinajstić information content (AvgIpc) is 2.40. The number of carbonyl (C=O) groups is 2. The van der Waals surface area contributed by atoms with Crippen LogP contribution in [0.25, 0.3) is 0 Å². The van der Waals surface area contributed by atoms with Crippen LogP contribution in [0.4, 0.5) is 14.9 Å². The normalized spacial score (nSPS) is 21.6. The van der Waals surface area contributed by atoms with Crippen molar-refractivity contribution in [2.75, 3.05) is 11.9 Å². The lowest BCUT2D eigenvalue weighted by atomic mass is 10.0. The summed E-state index contributed by atoms with van der Waals surface area (Å²) in [6, 6.07) is 2.79. The number of ether oxygens (including phenoxy) is 1. The molecule has 0 aliphatic carbocycles. The van der Waals surface area contributed by atoms with Crippen LogP contribution >= 0.6 is 0 Å². The zero-order valence-corrected chi connectivity index (χ0v) is 11.6. The SMILES string of the molecule is CC1CC(NC(=O)Nc2ccc(C(=O)O)cc2F)CCO1. The van der Waals surface area contributed by atoms with Gasteiger partial charge in [-0.3, -0.25) is 0 Å². The van der Waals surface area contributed by atoms with Crippen LogP contribution in [0.3, 0.4) is 0 Å². The van der Waals surface area contributed by atoms with Gasteiger partial charge in [-0.25, -0.2) is 14.0 Å². The number of carbonyl (C=O) groups excluding carboxylic acids is 1. The molecule has 3 N–H and O–H groups in total. The van der Waals surface area contributed by atoms with E-state index in [2.05, 4.69) is 10.6 Å². The first-order valence-corrected chi connectivity index (χ1v) is 6.67. The lowest BCUT2D eigenvalue weighted by molar-refractivity contribution is 0.0157. The smallest absolute Gasteiger partial charge is 0.335 e. The molecule has 1 aliphatic heterocycles. The molecule has 2 unspecified atom stereocenters. The van der Waals surface area contributed by atoms with Crippen LogP contribution in [0.5, 0.6) is 0 Å². The summed E-state index contributed by atoms with van der Waals surface area (Å²) in [7, 11) is 0. The minimum atomic E-state index is -1.22. The second kappa shape index (κ2) is 6.53. The monoisotopic (exact) mass is 296 g/mol. The Bertz CT molecular complexity index is 550. The van der Waals surface area contributed by atoms with Crippen molar-refractivity contribution < 1.29 is 23.8 Å². The highest BCUT2D eigenvalue weighted by molar-refractivity contribution is 5.91. The van der Waals surface area contributed by atoms with E-state index in [0.717, 1.165) is 6.07 Å². The summed E-state index contributed by atoms with van der Waals surface area (Å²) in [6.45, 7) is 2.50. The molecule has 1 saturated heterocycles. The predicted molar refractivity (Wildman–Crippen MR) is 73.9 cm³/mol. The van der Waals surface area contributed by atoms with Gasteiger partial charge in [0.1, 0.15) is 5.82 Å². The van der Waals surface area contributed by atoms with E-state index in [9.17, 15) is 14.0 Å². The highest BCUT2D eigenvalue weighted by Gasteiger charge is 2.21. The lowest BCUT2D eigenvalue weighted by Crippen LogP contribution is -2.43. The summed E-state index contributed by atoms with van der Waals surface area (Å²) < 4.78 is 19.1. The molecule has 0 bridgehead atoms. The average molecular weight is 296 g/mol. The maximum absolute atomic E-state index is 13.7. The Morgan fingerprint density at radius 2 is 2.19 bits per heavy atom. The zero-order valence-electron chi connectivity index (χ0n) is 11.6. The van der Waals surface area contributed by atoms with E-state index in [0.29, 0.717) is 19.4 Å². The van der Waals surface area contributed by atoms with Gasteiger partial charge in [-0.05, 0) is 38.0 Å². The van der Waals surface area contributed by atoms with Crippen molar-refractivity contribution in [2.45, 2.75) is 31.9 Å². The number of anilines is 1. The van der Waals surface area contributed by atoms with Gasteiger partial charge in [-0.2, -0.15) is 0 Å². The van der Waals surface area contributed by atoms with E-state index in [1.165, 1.54) is 12.1 Å². The summed E-state index contributed by atoms with van der Waals surface area (Å²) >= 11 is 0. The molecular weight excluding hydrogens is 279 g/mol. The molecule has 114 valence electrons. The first-order valence-electron chi connectivity index (χ1n) is 6.67. The number of hydrogen-bond donors (Lipinski definition) is 3. The van der Waals surface area contributed by atoms with Gasteiger partial charge in [0.05, 0.1) is 17.4 Å². The van der Waals surface area contributed by atoms with Crippen molar-refractivity contribution in [3.05, 3.63) is 29.6 Å². The first kappa shape index (κ1) is 15.2. The molecule has 0 aromatic heterocycles. The molecular formula is C14H17FN2O4. The Morgan fingerprint density at radius 1 is 1.43 bits per heavy atom. The molecule has 0 radical (unpaired) electrons. The van der Waals surface area contributed by atoms with E-state index >= 15 is 0 Å². The summed E-state index contributed by atoms with van der Waals surface area (Å²) in [5.74, 6) is -2.01. The second-order valence-corrected chi connectivity index (χ2v) is 5.00. The number of halogens is 1. The van der Waals surface area contributed by atoms with Gasteiger partial charge in [0.2, 0.25) is 0 Å². The molecule has 0 saturated carbocycles. The number of urea groups is 1. The van der Waals surface area contributed by atoms with Crippen molar-refractivity contribution in [2.24, 2.45) is 0 Å². The number of rotatable bonds is 3. The maximum atomic E-state index is 13.7. The van der Waals surface area contributed by atoms with Crippen LogP contribution in [0.2, 0.25) is 0 Å². The summed E-state index contributed by atoms with van der Waals surface area (Å²) in [5, 5.41) is 13.9. The number of aromatic carboxylic acids is 1. The third kappa shape index (κ3) is 4.16. The molecule has 2 atom stereocenters. The number of carboxylic acid groups (broad SMARTS) is 1. The Morgan fingerprint density at radius 3 is 2.81 bits per heavy atom. The first-order chi connectivity index (χ1) is 9.95. The van der Waals surface area contributed by atoms with Crippen molar-refractivity contribution in [1.82, 2.24) is 5.32 Å². The topological polar surface area (TPSA) is 87.7 Å². The van der Waals surface area contributed by atoms with Crippen LogP contribution in [0.1, 0.15) is 30.1 Å². The van der Waals surface area contributed by atoms with E-state index in [4.69, 9.17) is 9.84 Å². The van der Waals surface area contributed by atoms with Gasteiger partial charge >= 0.3 is 12.0 Å². The Kier molecular flexibility index (Phi) is 4.74. The van der Waals surface area contributed by atoms with Crippen molar-refractivity contribution in [3.63, 3.8) is 0 Å². The van der Waals surface area contributed by atoms with E-state index in [1.54, 1.807) is 0 Å². The van der Waals surface area contributed by atoms with E-state index < -0.39 is 17.8 Å². The summed E-state index contributed by atoms with van der Waals surface area (Å²) in [6.07, 6.45) is 1.49. The molecule has 0 spiro atoms. The number of nitrogens with one attached hydrogen (secondary N) is 2. The fourth-order valence-electron chi connectivity index (χ4n) is 2.22. The van der Waals surface area contributed by atoms with Crippen LogP contribution in [0, 0.1) is 5.82 Å². The van der Waals surface area contributed by atoms with Gasteiger partial charge in [-0.15, -0.1) is 0 Å². The van der Waals surface area contributed by atoms with Crippen molar-refractivity contribution in [3.8, 4) is 0 Å². The predicted octanol–water partition coefficient (Wildman–Crippen LogP) is 2.21. The number of benzene rings is 1. The maximum Gasteiger partial charge on any atom is 0.335 e. The highest BCUT2D eigenvalue weighted by atomic mass is 19.1. The number of hydrogen-bond acceptors (Lipinski definition) is 3. The van der Waals surface area contributed by atoms with Gasteiger partial charge in [0, 0.05) is 12.6 Å². The Balaban J connectivity index is 1.94. The van der Waals surface area contributed by atoms with Crippen molar-refractivity contribution in [1.29, 1.82) is 0 Å². The van der Waals surface area contributed by atoms with Crippen LogP contribution in [0.15, 0.2) is 18.2 Å². The second-order valence-electron chi connectivity index (χ2n) is 5.00. The fraction of sp³-hybridized carbons (Fsp3) is 0.429. The van der Waals surface area contributed by atoms with E-state index in [1.807, 2.05) is 6.92 Å². The van der Waals surface area contributed by atoms with Gasteiger partial charge < -0.3 is 20.5 Å². The molecule has 2 amide bonds. The van der Waals surface area contributed by atoms with Crippen LogP contribution in [-0.2, 0) is 4.74 Å². The number of amides is 2. The molecule has 21 heavy (non-hydrogen) atoms. The Hall–Kier alpha value is -2.15. The van der Waals surface area contributed by atoms with Crippen LogP contribution in [-0.4, -0.2) is 35.9 Å². The summed E-state index contributed by atoms with van der Waals surface area (Å²) in [5.41, 5.74) is -0.227. The largest absolute Gasteiger partial charge is 0.478 e. The third-order valence-corrected chi connectivity index (χ3v) is 3.28. The molecule has 1 heterocycles. The van der Waals surface area contributed by atoms with Crippen molar-refractivity contribution >= 4 is 17.7 Å². The molecule has 6 nitrogen and oxygen atoms in total.